The summed E-state index contributed by atoms with van der Waals surface area (Å²) in [5.74, 6) is 0. The summed E-state index contributed by atoms with van der Waals surface area (Å²) in [6.07, 6.45) is 2.40. The van der Waals surface area contributed by atoms with Gasteiger partial charge < -0.3 is 5.11 Å². The summed E-state index contributed by atoms with van der Waals surface area (Å²) in [5.41, 5.74) is 2.01. The van der Waals surface area contributed by atoms with Gasteiger partial charge in [0.2, 0.25) is 0 Å². The summed E-state index contributed by atoms with van der Waals surface area (Å²) in [5, 5.41) is 27.6. The molecule has 0 fully saturated rings. The monoisotopic (exact) mass is 381 g/mol. The van der Waals surface area contributed by atoms with E-state index in [0.717, 1.165) is 26.2 Å². The van der Waals surface area contributed by atoms with Crippen LogP contribution in [0.5, 0.6) is 0 Å². The van der Waals surface area contributed by atoms with Crippen molar-refractivity contribution in [1.82, 2.24) is 10.3 Å². The third-order valence-corrected chi connectivity index (χ3v) is 8.45. The number of fused-ring (bicyclic) bond motifs is 1. The Balaban J connectivity index is 1.80. The average Bonchev–Trinajstić information content (AvgIpc) is 3.31. The maximum atomic E-state index is 11.1. The quantitative estimate of drug-likeness (QED) is 0.420. The van der Waals surface area contributed by atoms with Gasteiger partial charge in [-0.15, -0.1) is 11.3 Å². The van der Waals surface area contributed by atoms with E-state index in [1.54, 1.807) is 6.20 Å². The summed E-state index contributed by atoms with van der Waals surface area (Å²) in [7, 11) is -2.06. The van der Waals surface area contributed by atoms with E-state index in [4.69, 9.17) is 10.5 Å². The molecule has 1 unspecified atom stereocenters. The summed E-state index contributed by atoms with van der Waals surface area (Å²) in [6.45, 7) is 0. The van der Waals surface area contributed by atoms with Crippen molar-refractivity contribution in [3.05, 3.63) is 76.5 Å². The van der Waals surface area contributed by atoms with Crippen LogP contribution in [0.2, 0.25) is 0 Å². The van der Waals surface area contributed by atoms with Crippen LogP contribution in [0.1, 0.15) is 5.56 Å². The lowest BCUT2D eigenvalue weighted by molar-refractivity contribution is 0.200. The van der Waals surface area contributed by atoms with Crippen LogP contribution in [-0.4, -0.2) is 21.4 Å². The number of carboxylic acid groups (broad SMARTS) is 1. The number of benzene rings is 2. The van der Waals surface area contributed by atoms with Crippen molar-refractivity contribution in [2.24, 2.45) is 0 Å². The number of nitrogens with zero attached hydrogens (tertiary/aromatic N) is 1. The molecular formula is C19H15N3O2S2. The highest BCUT2D eigenvalue weighted by atomic mass is 32.3. The number of nitrogens with one attached hydrogen (secondary N) is 2. The SMILES string of the molecule is N=C(NC(=O)O)S1(c2nccs2)C=CC(c2ccc3ccccc3c2)=C1. The van der Waals surface area contributed by atoms with Crippen LogP contribution in [0.4, 0.5) is 4.79 Å². The van der Waals surface area contributed by atoms with E-state index in [1.165, 1.54) is 11.3 Å². The first-order valence-corrected chi connectivity index (χ1v) is 10.4. The third-order valence-electron chi connectivity index (χ3n) is 4.11. The summed E-state index contributed by atoms with van der Waals surface area (Å²) >= 11 is 1.43. The normalized spacial score (nSPS) is 21.2. The molecule has 0 bridgehead atoms. The van der Waals surface area contributed by atoms with Gasteiger partial charge >= 0.3 is 6.09 Å². The lowest BCUT2D eigenvalue weighted by Crippen LogP contribution is -2.30. The van der Waals surface area contributed by atoms with Gasteiger partial charge in [0.15, 0.2) is 5.17 Å². The standard InChI is InChI=1S/C19H15N3O2S2/c20-17(22-18(23)24)26(19-21-8-9-25-19)10-7-16(12-26)15-6-5-13-3-1-2-4-14(13)11-15/h1-12H,(H2,20,22)(H,23,24). The molecule has 4 rings (SSSR count). The van der Waals surface area contributed by atoms with E-state index in [9.17, 15) is 4.79 Å². The molecule has 7 heteroatoms. The minimum atomic E-state index is -2.06. The van der Waals surface area contributed by atoms with Gasteiger partial charge in [0.1, 0.15) is 4.34 Å². The molecule has 130 valence electrons. The molecule has 0 radical (unpaired) electrons. The lowest BCUT2D eigenvalue weighted by Gasteiger charge is -2.28. The Bertz CT molecular complexity index is 1070. The number of thiazole rings is 1. The first-order valence-electron chi connectivity index (χ1n) is 7.79. The predicted molar refractivity (Wildman–Crippen MR) is 108 cm³/mol. The van der Waals surface area contributed by atoms with Gasteiger partial charge in [0, 0.05) is 11.6 Å². The summed E-state index contributed by atoms with van der Waals surface area (Å²) in [4.78, 5) is 15.4. The van der Waals surface area contributed by atoms with Crippen LogP contribution in [-0.2, 0) is 0 Å². The Morgan fingerprint density at radius 3 is 2.73 bits per heavy atom. The molecule has 26 heavy (non-hydrogen) atoms. The molecule has 2 heterocycles. The second-order valence-electron chi connectivity index (χ2n) is 5.70. The third kappa shape index (κ3) is 2.81. The Morgan fingerprint density at radius 1 is 1.19 bits per heavy atom. The van der Waals surface area contributed by atoms with Gasteiger partial charge in [-0.2, -0.15) is 0 Å². The van der Waals surface area contributed by atoms with E-state index in [0.29, 0.717) is 0 Å². The van der Waals surface area contributed by atoms with Crippen molar-refractivity contribution in [1.29, 1.82) is 5.41 Å². The number of allylic oxidation sites excluding steroid dienone is 2. The fourth-order valence-corrected chi connectivity index (χ4v) is 6.79. The number of aromatic nitrogens is 1. The second kappa shape index (κ2) is 6.44. The van der Waals surface area contributed by atoms with Crippen molar-refractivity contribution in [2.75, 3.05) is 0 Å². The van der Waals surface area contributed by atoms with Gasteiger partial charge in [0.25, 0.3) is 0 Å². The smallest absolute Gasteiger partial charge is 0.410 e. The number of hydrogen-bond donors (Lipinski definition) is 3. The summed E-state index contributed by atoms with van der Waals surface area (Å²) < 4.78 is 0.739. The van der Waals surface area contributed by atoms with Crippen LogP contribution in [0.25, 0.3) is 16.3 Å². The molecule has 1 atom stereocenters. The Hall–Kier alpha value is -2.90. The maximum absolute atomic E-state index is 11.1. The lowest BCUT2D eigenvalue weighted by atomic mass is 10.0. The minimum Gasteiger partial charge on any atom is -0.465 e. The molecule has 2 aromatic carbocycles. The molecule has 1 aliphatic heterocycles. The van der Waals surface area contributed by atoms with Crippen LogP contribution < -0.4 is 5.32 Å². The highest BCUT2D eigenvalue weighted by Gasteiger charge is 2.34. The Labute approximate surface area is 155 Å². The molecule has 0 saturated carbocycles. The maximum Gasteiger partial charge on any atom is 0.410 e. The van der Waals surface area contributed by atoms with Gasteiger partial charge in [0.05, 0.1) is 0 Å². The van der Waals surface area contributed by atoms with Crippen LogP contribution >= 0.6 is 21.4 Å². The first kappa shape index (κ1) is 16.6. The van der Waals surface area contributed by atoms with E-state index in [2.05, 4.69) is 34.6 Å². The van der Waals surface area contributed by atoms with E-state index < -0.39 is 16.1 Å². The number of rotatable bonds is 2. The molecule has 0 saturated heterocycles. The molecule has 1 aliphatic rings. The number of amidine groups is 1. The molecule has 0 spiro atoms. The largest absolute Gasteiger partial charge is 0.465 e. The predicted octanol–water partition coefficient (Wildman–Crippen LogP) is 5.23. The first-order chi connectivity index (χ1) is 12.6. The van der Waals surface area contributed by atoms with E-state index in [-0.39, 0.29) is 5.17 Å². The number of hydrogen-bond acceptors (Lipinski definition) is 4. The zero-order valence-electron chi connectivity index (χ0n) is 13.5. The zero-order valence-corrected chi connectivity index (χ0v) is 15.2. The fraction of sp³-hybridized carbons (Fsp3) is 0. The molecule has 3 N–H and O–H groups in total. The van der Waals surface area contributed by atoms with E-state index in [1.807, 2.05) is 40.5 Å². The van der Waals surface area contributed by atoms with E-state index >= 15 is 0 Å². The van der Waals surface area contributed by atoms with Crippen molar-refractivity contribution < 1.29 is 9.90 Å². The van der Waals surface area contributed by atoms with Crippen LogP contribution in [0.15, 0.2) is 75.3 Å². The number of amides is 1. The molecule has 1 aromatic heterocycles. The molecule has 1 amide bonds. The Morgan fingerprint density at radius 2 is 2.00 bits per heavy atom. The average molecular weight is 381 g/mol. The number of carbonyl (C=O) groups is 1. The van der Waals surface area contributed by atoms with Crippen LogP contribution in [0, 0.1) is 5.41 Å². The van der Waals surface area contributed by atoms with Crippen molar-refractivity contribution in [3.8, 4) is 0 Å². The molecule has 5 nitrogen and oxygen atoms in total. The minimum absolute atomic E-state index is 0.0491. The highest BCUT2D eigenvalue weighted by molar-refractivity contribution is 8.50. The highest BCUT2D eigenvalue weighted by Crippen LogP contribution is 2.64. The fourth-order valence-electron chi connectivity index (χ4n) is 2.87. The molecule has 3 aromatic rings. The van der Waals surface area contributed by atoms with Gasteiger partial charge in [-0.3, -0.25) is 10.7 Å². The van der Waals surface area contributed by atoms with Crippen LogP contribution in [0.3, 0.4) is 0 Å². The Kier molecular flexibility index (Phi) is 4.10. The second-order valence-corrected chi connectivity index (χ2v) is 9.58. The van der Waals surface area contributed by atoms with Gasteiger partial charge in [-0.25, -0.2) is 9.78 Å². The molecular weight excluding hydrogens is 366 g/mol. The van der Waals surface area contributed by atoms with Gasteiger partial charge in [-0.1, -0.05) is 46.4 Å². The van der Waals surface area contributed by atoms with Crippen molar-refractivity contribution in [3.63, 3.8) is 0 Å². The summed E-state index contributed by atoms with van der Waals surface area (Å²) in [6, 6.07) is 14.4. The van der Waals surface area contributed by atoms with Gasteiger partial charge in [-0.05, 0) is 44.9 Å². The van der Waals surface area contributed by atoms with Crippen molar-refractivity contribution in [2.45, 2.75) is 4.34 Å². The zero-order chi connectivity index (χ0) is 18.1. The molecule has 0 aliphatic carbocycles. The van der Waals surface area contributed by atoms with Crippen molar-refractivity contribution >= 4 is 49.0 Å². The topological polar surface area (TPSA) is 86.1 Å².